The van der Waals surface area contributed by atoms with Crippen molar-refractivity contribution in [2.75, 3.05) is 35.8 Å². The van der Waals surface area contributed by atoms with Crippen molar-refractivity contribution in [1.82, 2.24) is 24.3 Å². The fourth-order valence-corrected chi connectivity index (χ4v) is 10.3. The number of carboxylic acid groups (broad SMARTS) is 1. The zero-order chi connectivity index (χ0) is 56.4. The number of aliphatic carboxylic acids is 1. The Balaban J connectivity index is 0.00000118. The van der Waals surface area contributed by atoms with Gasteiger partial charge in [0.2, 0.25) is 17.9 Å². The van der Waals surface area contributed by atoms with Crippen molar-refractivity contribution in [3.8, 4) is 5.75 Å². The smallest absolute Gasteiger partial charge is 0.430 e. The number of halogens is 3. The highest BCUT2D eigenvalue weighted by molar-refractivity contribution is 8.00. The summed E-state index contributed by atoms with van der Waals surface area (Å²) in [6, 6.07) is 37.0. The molecule has 6 aromatic rings. The Morgan fingerprint density at radius 1 is 0.910 bits per heavy atom. The quantitative estimate of drug-likeness (QED) is 0.0165. The van der Waals surface area contributed by atoms with Gasteiger partial charge in [0, 0.05) is 35.8 Å². The minimum Gasteiger partial charge on any atom is -0.542 e. The van der Waals surface area contributed by atoms with E-state index < -0.39 is 58.3 Å². The van der Waals surface area contributed by atoms with Crippen molar-refractivity contribution in [2.24, 2.45) is 18.1 Å². The van der Waals surface area contributed by atoms with Crippen molar-refractivity contribution in [3.05, 3.63) is 161 Å². The van der Waals surface area contributed by atoms with Gasteiger partial charge in [0.15, 0.2) is 34.7 Å². The topological polar surface area (TPSA) is 248 Å². The van der Waals surface area contributed by atoms with Crippen LogP contribution in [0.4, 0.5) is 34.6 Å². The molecular formula is C54H57F3N10O9S2. The number of β-lactam (4-membered cyclic amide) rings is 1. The number of nitrogen functional groups attached to an aromatic ring is 1. The maximum Gasteiger partial charge on any atom is 0.430 e. The fraction of sp³-hybridized carbons (Fsp3) is 0.315. The Morgan fingerprint density at radius 3 is 1.99 bits per heavy atom. The molecule has 2 aliphatic rings. The van der Waals surface area contributed by atoms with E-state index in [1.165, 1.54) is 16.7 Å². The van der Waals surface area contributed by atoms with E-state index in [2.05, 4.69) is 66.9 Å². The molecule has 5 N–H and O–H groups in total. The van der Waals surface area contributed by atoms with Crippen molar-refractivity contribution in [2.45, 2.75) is 76.4 Å². The Kier molecular flexibility index (Phi) is 18.3. The molecule has 78 heavy (non-hydrogen) atoms. The summed E-state index contributed by atoms with van der Waals surface area (Å²) < 4.78 is 50.8. The zero-order valence-corrected chi connectivity index (χ0v) is 45.0. The van der Waals surface area contributed by atoms with Crippen LogP contribution in [0.1, 0.15) is 68.6 Å². The number of ether oxygens (including phenoxy) is 2. The Labute approximate surface area is 455 Å². The fourth-order valence-electron chi connectivity index (χ4n) is 8.44. The number of aromatic nitrogens is 4. The van der Waals surface area contributed by atoms with E-state index in [9.17, 15) is 32.3 Å². The minimum atomic E-state index is -5.19. The van der Waals surface area contributed by atoms with Crippen molar-refractivity contribution in [3.63, 3.8) is 0 Å². The highest BCUT2D eigenvalue weighted by Crippen LogP contribution is 2.46. The van der Waals surface area contributed by atoms with Crippen LogP contribution >= 0.6 is 23.3 Å². The van der Waals surface area contributed by atoms with Gasteiger partial charge >= 0.3 is 18.2 Å². The molecule has 2 aromatic heterocycles. The van der Waals surface area contributed by atoms with Crippen LogP contribution in [0.25, 0.3) is 0 Å². The molecule has 0 bridgehead atoms. The number of nitrogens with two attached hydrogens (primary N) is 1. The lowest BCUT2D eigenvalue weighted by Crippen LogP contribution is -2.62. The van der Waals surface area contributed by atoms with E-state index in [1.54, 1.807) is 52.1 Å². The van der Waals surface area contributed by atoms with E-state index in [4.69, 9.17) is 29.9 Å². The van der Waals surface area contributed by atoms with Gasteiger partial charge in [-0.2, -0.15) is 22.5 Å². The molecule has 2 aliphatic heterocycles. The second-order valence-corrected chi connectivity index (χ2v) is 20.7. The third-order valence-corrected chi connectivity index (χ3v) is 14.1. The molecule has 19 nitrogen and oxygen atoms in total. The summed E-state index contributed by atoms with van der Waals surface area (Å²) in [6.45, 7) is 7.82. The minimum absolute atomic E-state index is 0.00496. The highest BCUT2D eigenvalue weighted by Gasteiger charge is 2.55. The number of benzene rings is 4. The standard InChI is InChI=1S/C52H56N10O7S2.C2HF3O2/c1-7-27-54-50(66)55-40-30-61(60(5)45(40)57-52(35-17-11-8-12-18-35,36-19-13-9-14-20-36)37-21-15-10-16-22-37)29-34-32-70-47-39(28-41(63)42(58-69-51(2,3)4)44-56-49(53)71-59-44)46(64)62(47)43(34)48(65)68-31-33-23-25-38(67-6)26-24-33;3-2(4,5)1(6)7/h8-26,30,39,47H,7,27-29,31-32H2,1-6H3,(H4,53,54,55,56,59,66);(H,6,7)/b58-42+;/t39-,47-;/m1./s1. The summed E-state index contributed by atoms with van der Waals surface area (Å²) in [4.78, 5) is 76.7. The summed E-state index contributed by atoms with van der Waals surface area (Å²) in [5.41, 5.74) is 8.70. The normalized spacial score (nSPS) is 15.5. The molecule has 1 fully saturated rings. The third kappa shape index (κ3) is 13.5. The second-order valence-electron chi connectivity index (χ2n) is 18.8. The summed E-state index contributed by atoms with van der Waals surface area (Å²) in [7, 11) is 3.44. The number of anilines is 3. The molecule has 4 aromatic carbocycles. The van der Waals surface area contributed by atoms with E-state index in [0.717, 1.165) is 34.6 Å². The van der Waals surface area contributed by atoms with E-state index >= 15 is 0 Å². The second kappa shape index (κ2) is 24.8. The molecule has 24 heteroatoms. The Morgan fingerprint density at radius 2 is 1.49 bits per heavy atom. The number of fused-ring (bicyclic) bond motifs is 1. The average Bonchev–Trinajstić information content (AvgIpc) is 4.10. The van der Waals surface area contributed by atoms with E-state index in [-0.39, 0.29) is 41.9 Å². The van der Waals surface area contributed by atoms with Crippen LogP contribution in [0.5, 0.6) is 5.75 Å². The maximum atomic E-state index is 14.6. The summed E-state index contributed by atoms with van der Waals surface area (Å²) in [5, 5.41) is 22.4. The summed E-state index contributed by atoms with van der Waals surface area (Å²) in [5.74, 6) is -3.96. The van der Waals surface area contributed by atoms with Gasteiger partial charge in [0.1, 0.15) is 35.2 Å². The SMILES string of the molecule is CCCNC(=O)Nc1c[n+](CC2=C(C(=O)OCc3ccc(OC)cc3)N3C(=O)[C@@H](CC(=O)/C(=N\OC(C)(C)C)c4nsc(N)n4)[C@H]3SC2)n(C)c1NC(c1ccccc1)(c1ccccc1)c1ccccc1.O=C([O-])C(F)(F)F. The number of urea groups is 1. The molecule has 410 valence electrons. The van der Waals surface area contributed by atoms with E-state index in [0.29, 0.717) is 40.7 Å². The summed E-state index contributed by atoms with van der Waals surface area (Å²) in [6.07, 6.45) is -2.90. The van der Waals surface area contributed by atoms with Crippen LogP contribution in [-0.4, -0.2) is 90.9 Å². The number of ketones is 1. The third-order valence-electron chi connectivity index (χ3n) is 12.2. The number of hydrogen-bond acceptors (Lipinski definition) is 16. The molecule has 8 rings (SSSR count). The van der Waals surface area contributed by atoms with E-state index in [1.807, 2.05) is 84.1 Å². The van der Waals surface area contributed by atoms with Crippen LogP contribution in [0.2, 0.25) is 0 Å². The molecule has 0 radical (unpaired) electrons. The van der Waals surface area contributed by atoms with Gasteiger partial charge < -0.3 is 40.6 Å². The van der Waals surface area contributed by atoms with Crippen molar-refractivity contribution in [1.29, 1.82) is 0 Å². The number of carboxylic acids is 1. The molecule has 3 amide bonds. The first-order valence-corrected chi connectivity index (χ1v) is 26.2. The highest BCUT2D eigenvalue weighted by atomic mass is 32.2. The molecule has 0 spiro atoms. The first-order valence-electron chi connectivity index (χ1n) is 24.4. The largest absolute Gasteiger partial charge is 0.542 e. The van der Waals surface area contributed by atoms with Crippen LogP contribution < -0.4 is 36.2 Å². The number of nitrogens with one attached hydrogen (secondary N) is 3. The van der Waals surface area contributed by atoms with Gasteiger partial charge in [-0.25, -0.2) is 9.59 Å². The van der Waals surface area contributed by atoms with Crippen molar-refractivity contribution < 1.29 is 61.2 Å². The van der Waals surface area contributed by atoms with Gasteiger partial charge in [-0.15, -0.1) is 21.1 Å². The molecule has 4 heterocycles. The number of alkyl halides is 3. The molecular weight excluding hydrogens is 1050 g/mol. The first-order chi connectivity index (χ1) is 37.1. The lowest BCUT2D eigenvalue weighted by Gasteiger charge is -2.49. The van der Waals surface area contributed by atoms with Gasteiger partial charge in [-0.3, -0.25) is 19.8 Å². The molecule has 1 saturated heterocycles. The lowest BCUT2D eigenvalue weighted by atomic mass is 9.77. The Hall–Kier alpha value is -8.25. The number of carbonyl (C=O) groups is 5. The van der Waals surface area contributed by atoms with Gasteiger partial charge in [-0.05, 0) is 61.6 Å². The molecule has 0 unspecified atom stereocenters. The molecule has 0 aliphatic carbocycles. The van der Waals surface area contributed by atoms with Crippen LogP contribution in [-0.2, 0) is 54.5 Å². The zero-order valence-electron chi connectivity index (χ0n) is 43.3. The summed E-state index contributed by atoms with van der Waals surface area (Å²) >= 11 is 2.35. The molecule has 2 atom stereocenters. The van der Waals surface area contributed by atoms with Gasteiger partial charge in [-0.1, -0.05) is 115 Å². The molecule has 0 saturated carbocycles. The number of esters is 1. The predicted molar refractivity (Wildman–Crippen MR) is 285 cm³/mol. The number of amides is 3. The monoisotopic (exact) mass is 1110 g/mol. The van der Waals surface area contributed by atoms with Gasteiger partial charge in [0.05, 0.1) is 25.4 Å². The number of hydrogen-bond donors (Lipinski definition) is 4. The number of thioether (sulfide) groups is 1. The van der Waals surface area contributed by atoms with Crippen LogP contribution in [0, 0.1) is 5.92 Å². The first kappa shape index (κ1) is 57.5. The average molecular weight is 1110 g/mol. The number of rotatable bonds is 19. The number of methoxy groups -OCH3 is 1. The van der Waals surface area contributed by atoms with Crippen molar-refractivity contribution >= 4 is 75.3 Å². The lowest BCUT2D eigenvalue weighted by molar-refractivity contribution is -0.765. The number of nitrogens with zero attached hydrogens (tertiary/aromatic N) is 6. The van der Waals surface area contributed by atoms with Crippen LogP contribution in [0.3, 0.4) is 0 Å². The maximum absolute atomic E-state index is 14.6. The Bertz CT molecular complexity index is 3070. The number of carbonyl (C=O) groups excluding carboxylic acids is 5. The number of oxime groups is 1. The van der Waals surface area contributed by atoms with Crippen LogP contribution in [0.15, 0.2) is 138 Å². The number of Topliss-reactive ketones (excluding diaryl/α,β-unsaturated/α-hetero) is 1. The van der Waals surface area contributed by atoms with Gasteiger partial charge in [0.25, 0.3) is 0 Å². The predicted octanol–water partition coefficient (Wildman–Crippen LogP) is 6.70.